The van der Waals surface area contributed by atoms with E-state index >= 15 is 0 Å². The Morgan fingerprint density at radius 3 is 2.53 bits per heavy atom. The standard InChI is InChI=1S/C16H24N2O/c1-4-6-12-18-14(13-10-8-7-9-11-13)17-16(3,5-2)15(18)19/h7-11,14,17H,4-6,12H2,1-3H3. The highest BCUT2D eigenvalue weighted by Gasteiger charge is 2.46. The van der Waals surface area contributed by atoms with Gasteiger partial charge in [-0.15, -0.1) is 0 Å². The quantitative estimate of drug-likeness (QED) is 0.882. The second-order valence-electron chi connectivity index (χ2n) is 5.50. The predicted molar refractivity (Wildman–Crippen MR) is 77.6 cm³/mol. The van der Waals surface area contributed by atoms with Crippen LogP contribution in [0.15, 0.2) is 30.3 Å². The number of benzene rings is 1. The minimum Gasteiger partial charge on any atom is -0.321 e. The topological polar surface area (TPSA) is 32.3 Å². The molecule has 1 aliphatic heterocycles. The highest BCUT2D eigenvalue weighted by Crippen LogP contribution is 2.32. The van der Waals surface area contributed by atoms with Gasteiger partial charge in [0.25, 0.3) is 0 Å². The molecule has 1 heterocycles. The molecule has 1 aromatic carbocycles. The fourth-order valence-electron chi connectivity index (χ4n) is 2.59. The van der Waals surface area contributed by atoms with Gasteiger partial charge in [-0.3, -0.25) is 10.1 Å². The van der Waals surface area contributed by atoms with E-state index < -0.39 is 5.54 Å². The maximum Gasteiger partial charge on any atom is 0.244 e. The molecule has 3 heteroatoms. The lowest BCUT2D eigenvalue weighted by atomic mass is 9.99. The van der Waals surface area contributed by atoms with E-state index in [-0.39, 0.29) is 12.1 Å². The zero-order valence-corrected chi connectivity index (χ0v) is 12.1. The van der Waals surface area contributed by atoms with E-state index in [9.17, 15) is 4.79 Å². The van der Waals surface area contributed by atoms with Crippen molar-refractivity contribution >= 4 is 5.91 Å². The molecular weight excluding hydrogens is 236 g/mol. The Hall–Kier alpha value is -1.35. The summed E-state index contributed by atoms with van der Waals surface area (Å²) >= 11 is 0. The lowest BCUT2D eigenvalue weighted by Gasteiger charge is -2.24. The summed E-state index contributed by atoms with van der Waals surface area (Å²) in [6, 6.07) is 10.2. The summed E-state index contributed by atoms with van der Waals surface area (Å²) in [5.74, 6) is 0.234. The van der Waals surface area contributed by atoms with E-state index in [1.165, 1.54) is 5.56 Å². The first-order valence-electron chi connectivity index (χ1n) is 7.26. The fourth-order valence-corrected chi connectivity index (χ4v) is 2.59. The summed E-state index contributed by atoms with van der Waals surface area (Å²) in [7, 11) is 0. The molecule has 2 unspecified atom stereocenters. The fraction of sp³-hybridized carbons (Fsp3) is 0.562. The van der Waals surface area contributed by atoms with Gasteiger partial charge < -0.3 is 4.90 Å². The van der Waals surface area contributed by atoms with Crippen molar-refractivity contribution in [3.8, 4) is 0 Å². The largest absolute Gasteiger partial charge is 0.321 e. The monoisotopic (exact) mass is 260 g/mol. The van der Waals surface area contributed by atoms with Gasteiger partial charge in [0.15, 0.2) is 0 Å². The van der Waals surface area contributed by atoms with Gasteiger partial charge in [0.05, 0.1) is 5.54 Å². The zero-order valence-electron chi connectivity index (χ0n) is 12.1. The Labute approximate surface area is 116 Å². The summed E-state index contributed by atoms with van der Waals surface area (Å²) in [6.45, 7) is 7.06. The first-order chi connectivity index (χ1) is 9.12. The highest BCUT2D eigenvalue weighted by atomic mass is 16.2. The van der Waals surface area contributed by atoms with Gasteiger partial charge in [-0.2, -0.15) is 0 Å². The Morgan fingerprint density at radius 2 is 1.95 bits per heavy atom. The molecule has 1 aliphatic rings. The number of carbonyl (C=O) groups is 1. The van der Waals surface area contributed by atoms with Gasteiger partial charge in [-0.05, 0) is 25.3 Å². The minimum atomic E-state index is -0.422. The van der Waals surface area contributed by atoms with E-state index in [1.807, 2.05) is 30.0 Å². The second kappa shape index (κ2) is 5.74. The van der Waals surface area contributed by atoms with Crippen molar-refractivity contribution in [1.29, 1.82) is 0 Å². The third kappa shape index (κ3) is 2.66. The Balaban J connectivity index is 2.27. The predicted octanol–water partition coefficient (Wildman–Crippen LogP) is 3.09. The number of hydrogen-bond acceptors (Lipinski definition) is 2. The molecule has 1 aromatic rings. The summed E-state index contributed by atoms with van der Waals surface area (Å²) < 4.78 is 0. The Morgan fingerprint density at radius 1 is 1.26 bits per heavy atom. The van der Waals surface area contributed by atoms with Crippen LogP contribution in [0.5, 0.6) is 0 Å². The molecule has 0 spiro atoms. The summed E-state index contributed by atoms with van der Waals surface area (Å²) in [5.41, 5.74) is 0.748. The molecule has 19 heavy (non-hydrogen) atoms. The van der Waals surface area contributed by atoms with Crippen LogP contribution in [0.4, 0.5) is 0 Å². The Kier molecular flexibility index (Phi) is 4.25. The van der Waals surface area contributed by atoms with Gasteiger partial charge in [0.2, 0.25) is 5.91 Å². The molecule has 0 bridgehead atoms. The lowest BCUT2D eigenvalue weighted by molar-refractivity contribution is -0.133. The van der Waals surface area contributed by atoms with E-state index in [1.54, 1.807) is 0 Å². The van der Waals surface area contributed by atoms with Gasteiger partial charge >= 0.3 is 0 Å². The van der Waals surface area contributed by atoms with Crippen LogP contribution in [0.2, 0.25) is 0 Å². The van der Waals surface area contributed by atoms with Gasteiger partial charge in [0, 0.05) is 6.54 Å². The Bertz CT molecular complexity index is 432. The molecule has 2 atom stereocenters. The van der Waals surface area contributed by atoms with Gasteiger partial charge in [-0.25, -0.2) is 0 Å². The zero-order chi connectivity index (χ0) is 13.9. The summed E-state index contributed by atoms with van der Waals surface area (Å²) in [5, 5.41) is 3.52. The molecule has 104 valence electrons. The number of unbranched alkanes of at least 4 members (excludes halogenated alkanes) is 1. The molecule has 1 N–H and O–H groups in total. The smallest absolute Gasteiger partial charge is 0.244 e. The lowest BCUT2D eigenvalue weighted by Crippen LogP contribution is -2.43. The van der Waals surface area contributed by atoms with Crippen molar-refractivity contribution in [2.24, 2.45) is 0 Å². The average molecular weight is 260 g/mol. The molecular formula is C16H24N2O. The SMILES string of the molecule is CCCCN1C(=O)C(C)(CC)NC1c1ccccc1. The second-order valence-corrected chi connectivity index (χ2v) is 5.50. The number of hydrogen-bond donors (Lipinski definition) is 1. The first kappa shape index (κ1) is 14.1. The van der Waals surface area contributed by atoms with Crippen molar-refractivity contribution in [2.45, 2.75) is 51.7 Å². The van der Waals surface area contributed by atoms with Crippen molar-refractivity contribution in [1.82, 2.24) is 10.2 Å². The van der Waals surface area contributed by atoms with Crippen LogP contribution in [-0.4, -0.2) is 22.9 Å². The van der Waals surface area contributed by atoms with Gasteiger partial charge in [0.1, 0.15) is 6.17 Å². The molecule has 0 aliphatic carbocycles. The maximum atomic E-state index is 12.6. The number of carbonyl (C=O) groups excluding carboxylic acids is 1. The molecule has 1 saturated heterocycles. The van der Waals surface area contributed by atoms with Crippen LogP contribution >= 0.6 is 0 Å². The number of nitrogens with one attached hydrogen (secondary N) is 1. The van der Waals surface area contributed by atoms with Crippen molar-refractivity contribution in [3.63, 3.8) is 0 Å². The van der Waals surface area contributed by atoms with Crippen molar-refractivity contribution in [3.05, 3.63) is 35.9 Å². The third-order valence-corrected chi connectivity index (χ3v) is 4.07. The summed E-state index contributed by atoms with van der Waals surface area (Å²) in [4.78, 5) is 14.6. The molecule has 1 fully saturated rings. The molecule has 3 nitrogen and oxygen atoms in total. The van der Waals surface area contributed by atoms with E-state index in [0.717, 1.165) is 25.8 Å². The number of amides is 1. The number of rotatable bonds is 5. The van der Waals surface area contributed by atoms with E-state index in [2.05, 4.69) is 31.3 Å². The first-order valence-corrected chi connectivity index (χ1v) is 7.26. The van der Waals surface area contributed by atoms with Gasteiger partial charge in [-0.1, -0.05) is 50.6 Å². The van der Waals surface area contributed by atoms with Crippen molar-refractivity contribution < 1.29 is 4.79 Å². The van der Waals surface area contributed by atoms with Crippen LogP contribution in [0.25, 0.3) is 0 Å². The minimum absolute atomic E-state index is 0.0187. The van der Waals surface area contributed by atoms with Crippen LogP contribution in [0, 0.1) is 0 Å². The van der Waals surface area contributed by atoms with E-state index in [0.29, 0.717) is 0 Å². The van der Waals surface area contributed by atoms with Crippen LogP contribution < -0.4 is 5.32 Å². The van der Waals surface area contributed by atoms with Crippen LogP contribution in [0.1, 0.15) is 51.8 Å². The van der Waals surface area contributed by atoms with Crippen LogP contribution in [-0.2, 0) is 4.79 Å². The number of nitrogens with zero attached hydrogens (tertiary/aromatic N) is 1. The third-order valence-electron chi connectivity index (χ3n) is 4.07. The van der Waals surface area contributed by atoms with Crippen molar-refractivity contribution in [2.75, 3.05) is 6.54 Å². The molecule has 1 amide bonds. The molecule has 0 radical (unpaired) electrons. The normalized spacial score (nSPS) is 27.0. The van der Waals surface area contributed by atoms with E-state index in [4.69, 9.17) is 0 Å². The maximum absolute atomic E-state index is 12.6. The van der Waals surface area contributed by atoms with Crippen LogP contribution in [0.3, 0.4) is 0 Å². The molecule has 0 saturated carbocycles. The summed E-state index contributed by atoms with van der Waals surface area (Å²) in [6.07, 6.45) is 2.99. The molecule has 0 aromatic heterocycles. The molecule has 2 rings (SSSR count). The highest BCUT2D eigenvalue weighted by molar-refractivity contribution is 5.88. The average Bonchev–Trinajstić information content (AvgIpc) is 2.71.